The fourth-order valence-corrected chi connectivity index (χ4v) is 4.29. The normalized spacial score (nSPS) is 13.6. The lowest BCUT2D eigenvalue weighted by Crippen LogP contribution is -2.34. The first-order valence-electron chi connectivity index (χ1n) is 10.4. The predicted molar refractivity (Wildman–Crippen MR) is 125 cm³/mol. The molecule has 4 heterocycles. The molecule has 0 amide bonds. The number of anilines is 2. The molecule has 33 heavy (non-hydrogen) atoms. The highest BCUT2D eigenvalue weighted by Crippen LogP contribution is 2.37. The van der Waals surface area contributed by atoms with Crippen LogP contribution >= 0.6 is 11.8 Å². The number of nitriles is 2. The second kappa shape index (κ2) is 10.1. The summed E-state index contributed by atoms with van der Waals surface area (Å²) in [5, 5.41) is 35.6. The molecular formula is C21H21N11S. The maximum Gasteiger partial charge on any atom is 0.252 e. The standard InChI is InChI=1S/C21H21N11S/c1-3-24-18-17(14(2)16(12-23)20(28-18)31-7-9-33-10-8-31)29-30-19-15(11-22)13-27-32(19)21-25-5-4-6-26-21/h4-6,13H,3,7-10H2,1-2H3,(H,24,28)/b30-29+. The highest BCUT2D eigenvalue weighted by molar-refractivity contribution is 7.99. The van der Waals surface area contributed by atoms with Crippen LogP contribution in [-0.4, -0.2) is 55.9 Å². The monoisotopic (exact) mass is 459 g/mol. The third-order valence-electron chi connectivity index (χ3n) is 5.01. The average Bonchev–Trinajstić information content (AvgIpc) is 3.27. The summed E-state index contributed by atoms with van der Waals surface area (Å²) in [6.45, 7) is 6.08. The Morgan fingerprint density at radius 2 is 1.91 bits per heavy atom. The SMILES string of the molecule is CCNc1nc(N2CCSCC2)c(C#N)c(C)c1/N=N/c1c(C#N)cnn1-c1ncccn1. The lowest BCUT2D eigenvalue weighted by Gasteiger charge is -2.29. The van der Waals surface area contributed by atoms with E-state index in [0.717, 1.165) is 24.6 Å². The molecule has 0 unspecified atom stereocenters. The van der Waals surface area contributed by atoms with Gasteiger partial charge in [-0.3, -0.25) is 0 Å². The van der Waals surface area contributed by atoms with Crippen molar-refractivity contribution >= 4 is 34.9 Å². The molecule has 1 saturated heterocycles. The van der Waals surface area contributed by atoms with Crippen molar-refractivity contribution in [3.63, 3.8) is 0 Å². The minimum absolute atomic E-state index is 0.196. The molecule has 166 valence electrons. The summed E-state index contributed by atoms with van der Waals surface area (Å²) in [6.07, 6.45) is 4.54. The van der Waals surface area contributed by atoms with Crippen LogP contribution in [0, 0.1) is 29.6 Å². The van der Waals surface area contributed by atoms with E-state index in [-0.39, 0.29) is 17.3 Å². The van der Waals surface area contributed by atoms with E-state index in [4.69, 9.17) is 4.98 Å². The van der Waals surface area contributed by atoms with E-state index in [9.17, 15) is 10.5 Å². The molecule has 0 saturated carbocycles. The molecule has 0 aromatic carbocycles. The smallest absolute Gasteiger partial charge is 0.252 e. The van der Waals surface area contributed by atoms with E-state index in [2.05, 4.69) is 47.7 Å². The first-order chi connectivity index (χ1) is 16.2. The number of thioether (sulfide) groups is 1. The number of pyridine rings is 1. The fraction of sp³-hybridized carbons (Fsp3) is 0.333. The quantitative estimate of drug-likeness (QED) is 0.547. The number of rotatable bonds is 6. The van der Waals surface area contributed by atoms with Crippen LogP contribution in [0.1, 0.15) is 23.6 Å². The highest BCUT2D eigenvalue weighted by Gasteiger charge is 2.23. The van der Waals surface area contributed by atoms with Crippen molar-refractivity contribution < 1.29 is 0 Å². The molecule has 0 radical (unpaired) electrons. The maximum atomic E-state index is 9.91. The zero-order valence-corrected chi connectivity index (χ0v) is 19.0. The predicted octanol–water partition coefficient (Wildman–Crippen LogP) is 3.51. The van der Waals surface area contributed by atoms with Gasteiger partial charge in [-0.05, 0) is 19.9 Å². The summed E-state index contributed by atoms with van der Waals surface area (Å²) in [7, 11) is 0. The van der Waals surface area contributed by atoms with Crippen molar-refractivity contribution in [2.75, 3.05) is 41.4 Å². The molecular weight excluding hydrogens is 438 g/mol. The molecule has 11 nitrogen and oxygen atoms in total. The topological polar surface area (TPSA) is 144 Å². The Hall–Kier alpha value is -4.03. The molecule has 1 aliphatic heterocycles. The molecule has 3 aromatic rings. The zero-order chi connectivity index (χ0) is 23.2. The van der Waals surface area contributed by atoms with Gasteiger partial charge in [0.2, 0.25) is 0 Å². The number of hydrogen-bond acceptors (Lipinski definition) is 11. The first kappa shape index (κ1) is 22.2. The van der Waals surface area contributed by atoms with Crippen LogP contribution in [0.2, 0.25) is 0 Å². The van der Waals surface area contributed by atoms with Crippen molar-refractivity contribution in [1.82, 2.24) is 24.7 Å². The molecule has 1 aliphatic rings. The number of nitrogens with zero attached hydrogens (tertiary/aromatic N) is 10. The molecule has 1 N–H and O–H groups in total. The summed E-state index contributed by atoms with van der Waals surface area (Å²) in [4.78, 5) is 15.2. The molecule has 3 aromatic heterocycles. The number of hydrogen-bond donors (Lipinski definition) is 1. The third kappa shape index (κ3) is 4.47. The van der Waals surface area contributed by atoms with E-state index in [1.807, 2.05) is 25.6 Å². The zero-order valence-electron chi connectivity index (χ0n) is 18.2. The first-order valence-corrected chi connectivity index (χ1v) is 11.5. The second-order valence-corrected chi connectivity index (χ2v) is 8.25. The molecule has 0 aliphatic carbocycles. The second-order valence-electron chi connectivity index (χ2n) is 7.03. The molecule has 0 bridgehead atoms. The third-order valence-corrected chi connectivity index (χ3v) is 5.96. The largest absolute Gasteiger partial charge is 0.368 e. The Bertz CT molecular complexity index is 1250. The van der Waals surface area contributed by atoms with Gasteiger partial charge in [0.25, 0.3) is 5.95 Å². The van der Waals surface area contributed by atoms with Gasteiger partial charge >= 0.3 is 0 Å². The van der Waals surface area contributed by atoms with E-state index in [1.54, 1.807) is 18.5 Å². The number of nitrogens with one attached hydrogen (secondary N) is 1. The lowest BCUT2D eigenvalue weighted by atomic mass is 10.1. The van der Waals surface area contributed by atoms with Crippen molar-refractivity contribution in [3.05, 3.63) is 41.3 Å². The van der Waals surface area contributed by atoms with Crippen LogP contribution in [0.15, 0.2) is 34.9 Å². The number of aromatic nitrogens is 5. The Kier molecular flexibility index (Phi) is 6.76. The van der Waals surface area contributed by atoms with Gasteiger partial charge in [-0.15, -0.1) is 10.2 Å². The van der Waals surface area contributed by atoms with Crippen LogP contribution in [-0.2, 0) is 0 Å². The molecule has 0 atom stereocenters. The van der Waals surface area contributed by atoms with Crippen LogP contribution < -0.4 is 10.2 Å². The van der Waals surface area contributed by atoms with Crippen molar-refractivity contribution in [1.29, 1.82) is 10.5 Å². The molecule has 12 heteroatoms. The lowest BCUT2D eigenvalue weighted by molar-refractivity contribution is 0.802. The van der Waals surface area contributed by atoms with E-state index in [1.165, 1.54) is 10.9 Å². The van der Waals surface area contributed by atoms with Gasteiger partial charge in [-0.2, -0.15) is 32.1 Å². The Morgan fingerprint density at radius 3 is 2.58 bits per heavy atom. The minimum atomic E-state index is 0.196. The van der Waals surface area contributed by atoms with Gasteiger partial charge < -0.3 is 10.2 Å². The van der Waals surface area contributed by atoms with Gasteiger partial charge in [0.1, 0.15) is 29.2 Å². The minimum Gasteiger partial charge on any atom is -0.368 e. The van der Waals surface area contributed by atoms with Gasteiger partial charge in [-0.1, -0.05) is 0 Å². The van der Waals surface area contributed by atoms with Crippen molar-refractivity contribution in [2.24, 2.45) is 10.2 Å². The number of azo groups is 1. The van der Waals surface area contributed by atoms with E-state index in [0.29, 0.717) is 35.0 Å². The van der Waals surface area contributed by atoms with E-state index < -0.39 is 0 Å². The summed E-state index contributed by atoms with van der Waals surface area (Å²) in [6, 6.07) is 6.04. The van der Waals surface area contributed by atoms with Gasteiger partial charge in [0.15, 0.2) is 11.6 Å². The fourth-order valence-electron chi connectivity index (χ4n) is 3.39. The summed E-state index contributed by atoms with van der Waals surface area (Å²) >= 11 is 1.89. The summed E-state index contributed by atoms with van der Waals surface area (Å²) in [5.41, 5.74) is 1.80. The Balaban J connectivity index is 1.81. The maximum absolute atomic E-state index is 9.91. The summed E-state index contributed by atoms with van der Waals surface area (Å²) in [5.74, 6) is 3.64. The summed E-state index contributed by atoms with van der Waals surface area (Å²) < 4.78 is 1.35. The van der Waals surface area contributed by atoms with Gasteiger partial charge in [0, 0.05) is 49.1 Å². The van der Waals surface area contributed by atoms with Crippen molar-refractivity contribution in [2.45, 2.75) is 13.8 Å². The van der Waals surface area contributed by atoms with Gasteiger partial charge in [0.05, 0.1) is 11.8 Å². The molecule has 4 rings (SSSR count). The highest BCUT2D eigenvalue weighted by atomic mass is 32.2. The van der Waals surface area contributed by atoms with Gasteiger partial charge in [-0.25, -0.2) is 15.0 Å². The van der Waals surface area contributed by atoms with Crippen LogP contribution in [0.3, 0.4) is 0 Å². The van der Waals surface area contributed by atoms with E-state index >= 15 is 0 Å². The van der Waals surface area contributed by atoms with Crippen molar-refractivity contribution in [3.8, 4) is 18.1 Å². The Morgan fingerprint density at radius 1 is 1.15 bits per heavy atom. The Labute approximate surface area is 195 Å². The van der Waals surface area contributed by atoms with Crippen LogP contribution in [0.5, 0.6) is 0 Å². The van der Waals surface area contributed by atoms with Crippen LogP contribution in [0.4, 0.5) is 23.1 Å². The molecule has 1 fully saturated rings. The van der Waals surface area contributed by atoms with Crippen LogP contribution in [0.25, 0.3) is 5.95 Å². The average molecular weight is 460 g/mol. The molecule has 0 spiro atoms.